The SMILES string of the molecule is C[C](C)=[Zr+2].Cc1cc(C2=CC=CC2)[c-]c2c1-c1ccccc1C2.[Cl-].[Cl-]. The molecule has 2 aliphatic rings. The molecule has 0 aromatic heterocycles. The Morgan fingerprint density at radius 1 is 1.12 bits per heavy atom. The largest absolute Gasteiger partial charge is 1.00 e. The third kappa shape index (κ3) is 5.13. The van der Waals surface area contributed by atoms with E-state index < -0.39 is 0 Å². The Kier molecular flexibility index (Phi) is 8.75. The quantitative estimate of drug-likeness (QED) is 0.440. The number of aryl methyl sites for hydroxylation is 1. The van der Waals surface area contributed by atoms with E-state index in [1.54, 1.807) is 24.2 Å². The van der Waals surface area contributed by atoms with Crippen LogP contribution in [0.4, 0.5) is 0 Å². The fourth-order valence-electron chi connectivity index (χ4n) is 3.22. The van der Waals surface area contributed by atoms with Crippen molar-refractivity contribution in [2.24, 2.45) is 0 Å². The molecular weight excluding hydrogens is 426 g/mol. The molecular formula is C22H21Cl2Zr-. The predicted molar refractivity (Wildman–Crippen MR) is 96.3 cm³/mol. The van der Waals surface area contributed by atoms with Gasteiger partial charge in [0.1, 0.15) is 0 Å². The summed E-state index contributed by atoms with van der Waals surface area (Å²) in [6, 6.07) is 14.7. The van der Waals surface area contributed by atoms with Crippen LogP contribution in [0.15, 0.2) is 48.6 Å². The molecule has 2 aromatic carbocycles. The van der Waals surface area contributed by atoms with Crippen molar-refractivity contribution in [3.05, 3.63) is 76.9 Å². The van der Waals surface area contributed by atoms with Crippen molar-refractivity contribution in [3.8, 4) is 11.1 Å². The molecule has 0 unspecified atom stereocenters. The molecule has 0 N–H and O–H groups in total. The fourth-order valence-corrected chi connectivity index (χ4v) is 3.22. The van der Waals surface area contributed by atoms with Crippen molar-refractivity contribution in [2.75, 3.05) is 0 Å². The summed E-state index contributed by atoms with van der Waals surface area (Å²) in [4.78, 5) is 0. The summed E-state index contributed by atoms with van der Waals surface area (Å²) in [5.41, 5.74) is 9.65. The second kappa shape index (κ2) is 9.81. The first-order valence-corrected chi connectivity index (χ1v) is 9.31. The third-order valence-electron chi connectivity index (χ3n) is 4.11. The van der Waals surface area contributed by atoms with Gasteiger partial charge in [-0.05, 0) is 18.4 Å². The monoisotopic (exact) mass is 445 g/mol. The maximum absolute atomic E-state index is 3.65. The van der Waals surface area contributed by atoms with Crippen molar-refractivity contribution < 1.29 is 49.0 Å². The Balaban J connectivity index is 0.000000476. The standard InChI is InChI=1S/C19H15.C3H6.2ClH.Zr/c1-13-10-16(14-6-2-3-7-14)12-17-11-15-8-4-5-9-18(15)19(13)17;1-3-2;;;/h2-6,8-10H,7,11H2,1H3;1-2H3;2*1H;/q-1;;;;+2/p-2. The zero-order valence-corrected chi connectivity index (χ0v) is 18.8. The average Bonchev–Trinajstić information content (AvgIpc) is 3.14. The van der Waals surface area contributed by atoms with Crippen molar-refractivity contribution >= 4 is 8.78 Å². The van der Waals surface area contributed by atoms with E-state index in [-0.39, 0.29) is 24.8 Å². The van der Waals surface area contributed by atoms with Crippen LogP contribution in [0, 0.1) is 13.0 Å². The van der Waals surface area contributed by atoms with Gasteiger partial charge in [0, 0.05) is 0 Å². The maximum Gasteiger partial charge on any atom is -0.0195 e. The van der Waals surface area contributed by atoms with Gasteiger partial charge in [-0.1, -0.05) is 54.5 Å². The summed E-state index contributed by atoms with van der Waals surface area (Å²) < 4.78 is 1.51. The average molecular weight is 448 g/mol. The van der Waals surface area contributed by atoms with E-state index in [9.17, 15) is 0 Å². The van der Waals surface area contributed by atoms with Gasteiger partial charge in [0.25, 0.3) is 0 Å². The molecule has 0 heterocycles. The first-order chi connectivity index (χ1) is 11.1. The van der Waals surface area contributed by atoms with Crippen LogP contribution in [0.1, 0.15) is 42.5 Å². The van der Waals surface area contributed by atoms with E-state index >= 15 is 0 Å². The van der Waals surface area contributed by atoms with E-state index in [1.165, 1.54) is 42.2 Å². The molecule has 0 bridgehead atoms. The van der Waals surface area contributed by atoms with Gasteiger partial charge in [-0.25, -0.2) is 0 Å². The molecule has 128 valence electrons. The number of rotatable bonds is 1. The second-order valence-corrected chi connectivity index (χ2v) is 8.84. The van der Waals surface area contributed by atoms with Crippen LogP contribution in [0.5, 0.6) is 0 Å². The molecule has 2 aromatic rings. The van der Waals surface area contributed by atoms with Gasteiger partial charge in [-0.3, -0.25) is 0 Å². The Bertz CT molecular complexity index is 828. The molecule has 0 aliphatic heterocycles. The number of benzene rings is 2. The van der Waals surface area contributed by atoms with Gasteiger partial charge in [0.05, 0.1) is 0 Å². The summed E-state index contributed by atoms with van der Waals surface area (Å²) in [6.45, 7) is 6.47. The Morgan fingerprint density at radius 3 is 2.44 bits per heavy atom. The summed E-state index contributed by atoms with van der Waals surface area (Å²) in [5.74, 6) is 0. The van der Waals surface area contributed by atoms with Crippen LogP contribution in [-0.2, 0) is 30.7 Å². The Labute approximate surface area is 178 Å². The number of allylic oxidation sites excluding steroid dienone is 4. The molecule has 0 spiro atoms. The summed E-state index contributed by atoms with van der Waals surface area (Å²) in [6.07, 6.45) is 8.63. The van der Waals surface area contributed by atoms with Gasteiger partial charge >= 0.3 is 41.3 Å². The molecule has 4 rings (SSSR count). The zero-order chi connectivity index (χ0) is 16.4. The second-order valence-electron chi connectivity index (χ2n) is 6.38. The molecule has 0 radical (unpaired) electrons. The van der Waals surface area contributed by atoms with E-state index in [0.717, 1.165) is 12.8 Å². The molecule has 25 heavy (non-hydrogen) atoms. The van der Waals surface area contributed by atoms with Crippen molar-refractivity contribution in [3.63, 3.8) is 0 Å². The van der Waals surface area contributed by atoms with E-state index in [2.05, 4.69) is 75.4 Å². The summed E-state index contributed by atoms with van der Waals surface area (Å²) >= 11 is 1.55. The molecule has 0 fully saturated rings. The van der Waals surface area contributed by atoms with E-state index in [1.807, 2.05) is 0 Å². The first kappa shape index (κ1) is 22.3. The molecule has 0 saturated carbocycles. The van der Waals surface area contributed by atoms with Crippen LogP contribution in [0.3, 0.4) is 0 Å². The van der Waals surface area contributed by atoms with Crippen LogP contribution < -0.4 is 24.8 Å². The smallest absolute Gasteiger partial charge is 0.0195 e. The van der Waals surface area contributed by atoms with Gasteiger partial charge < -0.3 is 24.8 Å². The summed E-state index contributed by atoms with van der Waals surface area (Å²) in [5, 5.41) is 0. The van der Waals surface area contributed by atoms with E-state index in [0.29, 0.717) is 0 Å². The van der Waals surface area contributed by atoms with Crippen LogP contribution >= 0.6 is 0 Å². The molecule has 0 saturated heterocycles. The Morgan fingerprint density at radius 2 is 1.80 bits per heavy atom. The molecule has 2 aliphatic carbocycles. The predicted octanol–water partition coefficient (Wildman–Crippen LogP) is -0.537. The normalized spacial score (nSPS) is 12.8. The molecule has 0 atom stereocenters. The summed E-state index contributed by atoms with van der Waals surface area (Å²) in [7, 11) is 0. The zero-order valence-electron chi connectivity index (χ0n) is 14.8. The molecule has 0 nitrogen and oxygen atoms in total. The van der Waals surface area contributed by atoms with Crippen molar-refractivity contribution in [2.45, 2.75) is 33.6 Å². The maximum atomic E-state index is 3.65. The number of fused-ring (bicyclic) bond motifs is 3. The fraction of sp³-hybridized carbons (Fsp3) is 0.227. The third-order valence-corrected chi connectivity index (χ3v) is 4.11. The van der Waals surface area contributed by atoms with Crippen LogP contribution in [0.2, 0.25) is 0 Å². The first-order valence-electron chi connectivity index (χ1n) is 8.08. The number of hydrogen-bond acceptors (Lipinski definition) is 0. The van der Waals surface area contributed by atoms with Gasteiger partial charge in [0.2, 0.25) is 0 Å². The number of halogens is 2. The van der Waals surface area contributed by atoms with Crippen LogP contribution in [-0.4, -0.2) is 3.21 Å². The minimum atomic E-state index is 0. The van der Waals surface area contributed by atoms with Crippen LogP contribution in [0.25, 0.3) is 16.7 Å². The van der Waals surface area contributed by atoms with Gasteiger partial charge in [-0.15, -0.1) is 40.5 Å². The van der Waals surface area contributed by atoms with Crippen molar-refractivity contribution in [1.29, 1.82) is 0 Å². The minimum Gasteiger partial charge on any atom is -1.00 e. The number of hydrogen-bond donors (Lipinski definition) is 0. The Hall–Kier alpha value is -0.747. The molecule has 0 amide bonds. The van der Waals surface area contributed by atoms with Crippen molar-refractivity contribution in [1.82, 2.24) is 0 Å². The molecule has 3 heteroatoms. The van der Waals surface area contributed by atoms with Gasteiger partial charge in [0.15, 0.2) is 0 Å². The van der Waals surface area contributed by atoms with E-state index in [4.69, 9.17) is 0 Å². The topological polar surface area (TPSA) is 0 Å². The van der Waals surface area contributed by atoms with Gasteiger partial charge in [-0.2, -0.15) is 0 Å². The minimum absolute atomic E-state index is 0.